The van der Waals surface area contributed by atoms with Gasteiger partial charge in [0.25, 0.3) is 0 Å². The zero-order valence-electron chi connectivity index (χ0n) is 12.7. The van der Waals surface area contributed by atoms with Crippen LogP contribution >= 0.6 is 0 Å². The van der Waals surface area contributed by atoms with Crippen LogP contribution in [0.25, 0.3) is 0 Å². The van der Waals surface area contributed by atoms with Gasteiger partial charge in [0, 0.05) is 6.42 Å². The molecule has 0 aliphatic heterocycles. The molecule has 116 valence electrons. The van der Waals surface area contributed by atoms with Crippen molar-refractivity contribution in [3.8, 4) is 0 Å². The fraction of sp³-hybridized carbons (Fsp3) is 0.588. The Morgan fingerprint density at radius 2 is 2.10 bits per heavy atom. The van der Waals surface area contributed by atoms with E-state index in [1.54, 1.807) is 6.92 Å². The molecule has 0 radical (unpaired) electrons. The molecule has 0 bridgehead atoms. The fourth-order valence-electron chi connectivity index (χ4n) is 2.20. The molecule has 0 saturated heterocycles. The van der Waals surface area contributed by atoms with Crippen LogP contribution in [0.2, 0.25) is 0 Å². The summed E-state index contributed by atoms with van der Waals surface area (Å²) in [6.45, 7) is 2.11. The van der Waals surface area contributed by atoms with Crippen LogP contribution in [-0.4, -0.2) is 23.7 Å². The SMILES string of the molecule is CCOC(=O)C(=C=CC1=CCCCC1)CCCCC(=O)O. The second-order valence-electron chi connectivity index (χ2n) is 5.11. The molecule has 1 rings (SSSR count). The minimum atomic E-state index is -0.806. The quantitative estimate of drug-likeness (QED) is 0.320. The highest BCUT2D eigenvalue weighted by Gasteiger charge is 2.10. The van der Waals surface area contributed by atoms with Crippen molar-refractivity contribution in [3.63, 3.8) is 0 Å². The maximum atomic E-state index is 11.9. The molecule has 0 aromatic rings. The Morgan fingerprint density at radius 3 is 2.71 bits per heavy atom. The van der Waals surface area contributed by atoms with Crippen LogP contribution in [0.4, 0.5) is 0 Å². The van der Waals surface area contributed by atoms with Gasteiger partial charge in [0.1, 0.15) is 0 Å². The van der Waals surface area contributed by atoms with Crippen molar-refractivity contribution in [3.05, 3.63) is 29.0 Å². The summed E-state index contributed by atoms with van der Waals surface area (Å²) in [6.07, 6.45) is 10.4. The Morgan fingerprint density at radius 1 is 1.33 bits per heavy atom. The topological polar surface area (TPSA) is 63.6 Å². The molecule has 0 unspecified atom stereocenters. The molecule has 0 atom stereocenters. The summed E-state index contributed by atoms with van der Waals surface area (Å²) in [6, 6.07) is 0. The molecule has 1 N–H and O–H groups in total. The summed E-state index contributed by atoms with van der Waals surface area (Å²) in [5, 5.41) is 8.62. The fourth-order valence-corrected chi connectivity index (χ4v) is 2.20. The molecule has 0 aromatic heterocycles. The molecule has 0 fully saturated rings. The molecule has 0 amide bonds. The summed E-state index contributed by atoms with van der Waals surface area (Å²) < 4.78 is 5.03. The van der Waals surface area contributed by atoms with Crippen molar-refractivity contribution in [2.24, 2.45) is 0 Å². The Bertz CT molecular complexity index is 453. The van der Waals surface area contributed by atoms with Crippen molar-refractivity contribution in [2.75, 3.05) is 6.61 Å². The number of carboxylic acids is 1. The standard InChI is InChI=1S/C17H24O4/c1-2-21-17(20)15(10-6-7-11-16(18)19)13-12-14-8-4-3-5-9-14/h8,12H,2-7,9-11H2,1H3,(H,18,19). The minimum absolute atomic E-state index is 0.130. The van der Waals surface area contributed by atoms with Crippen molar-refractivity contribution < 1.29 is 19.4 Å². The second-order valence-corrected chi connectivity index (χ2v) is 5.11. The number of aliphatic carboxylic acids is 1. The lowest BCUT2D eigenvalue weighted by Crippen LogP contribution is -2.07. The first kappa shape index (κ1) is 17.3. The first-order chi connectivity index (χ1) is 10.1. The Balaban J connectivity index is 2.66. The van der Waals surface area contributed by atoms with Gasteiger partial charge < -0.3 is 9.84 Å². The number of carboxylic acid groups (broad SMARTS) is 1. The molecule has 0 heterocycles. The lowest BCUT2D eigenvalue weighted by atomic mass is 9.99. The van der Waals surface area contributed by atoms with E-state index in [4.69, 9.17) is 9.84 Å². The molecule has 1 aliphatic rings. The predicted molar refractivity (Wildman–Crippen MR) is 80.9 cm³/mol. The summed E-state index contributed by atoms with van der Waals surface area (Å²) >= 11 is 0. The number of unbranched alkanes of at least 4 members (excludes halogenated alkanes) is 1. The molecule has 0 saturated carbocycles. The minimum Gasteiger partial charge on any atom is -0.481 e. The van der Waals surface area contributed by atoms with Crippen molar-refractivity contribution in [2.45, 2.75) is 58.3 Å². The van der Waals surface area contributed by atoms with Gasteiger partial charge in [-0.15, -0.1) is 5.73 Å². The monoisotopic (exact) mass is 292 g/mol. The summed E-state index contributed by atoms with van der Waals surface area (Å²) in [7, 11) is 0. The molecular formula is C17H24O4. The van der Waals surface area contributed by atoms with E-state index in [0.29, 0.717) is 31.4 Å². The van der Waals surface area contributed by atoms with Gasteiger partial charge >= 0.3 is 11.9 Å². The van der Waals surface area contributed by atoms with Crippen LogP contribution in [0, 0.1) is 0 Å². The molecule has 4 nitrogen and oxygen atoms in total. The maximum absolute atomic E-state index is 11.9. The van der Waals surface area contributed by atoms with Gasteiger partial charge in [-0.3, -0.25) is 4.79 Å². The van der Waals surface area contributed by atoms with Gasteiger partial charge in [-0.05, 0) is 63.5 Å². The van der Waals surface area contributed by atoms with Gasteiger partial charge in [-0.1, -0.05) is 6.08 Å². The van der Waals surface area contributed by atoms with Gasteiger partial charge in [-0.2, -0.15) is 0 Å². The van der Waals surface area contributed by atoms with Crippen molar-refractivity contribution in [1.82, 2.24) is 0 Å². The number of hydrogen-bond acceptors (Lipinski definition) is 3. The number of allylic oxidation sites excluding steroid dienone is 2. The van der Waals surface area contributed by atoms with E-state index in [-0.39, 0.29) is 12.4 Å². The molecule has 0 spiro atoms. The number of rotatable bonds is 8. The predicted octanol–water partition coefficient (Wildman–Crippen LogP) is 3.78. The van der Waals surface area contributed by atoms with Gasteiger partial charge in [0.2, 0.25) is 0 Å². The Labute approximate surface area is 126 Å². The summed E-state index contributed by atoms with van der Waals surface area (Å²) in [5.41, 5.74) is 4.79. The van der Waals surface area contributed by atoms with Crippen LogP contribution in [0.3, 0.4) is 0 Å². The van der Waals surface area contributed by atoms with Gasteiger partial charge in [-0.25, -0.2) is 4.79 Å². The van der Waals surface area contributed by atoms with Crippen LogP contribution in [0.5, 0.6) is 0 Å². The third kappa shape index (κ3) is 7.52. The molecular weight excluding hydrogens is 268 g/mol. The normalized spacial score (nSPS) is 13.9. The van der Waals surface area contributed by atoms with E-state index in [1.165, 1.54) is 18.4 Å². The molecule has 21 heavy (non-hydrogen) atoms. The lowest BCUT2D eigenvalue weighted by molar-refractivity contribution is -0.138. The van der Waals surface area contributed by atoms with E-state index < -0.39 is 5.97 Å². The highest BCUT2D eigenvalue weighted by Crippen LogP contribution is 2.18. The molecule has 0 aromatic carbocycles. The average molecular weight is 292 g/mol. The summed E-state index contributed by atoms with van der Waals surface area (Å²) in [4.78, 5) is 22.4. The average Bonchev–Trinajstić information content (AvgIpc) is 2.47. The third-order valence-corrected chi connectivity index (χ3v) is 3.35. The zero-order valence-corrected chi connectivity index (χ0v) is 12.7. The number of carbonyl (C=O) groups is 2. The number of esters is 1. The lowest BCUT2D eigenvalue weighted by Gasteiger charge is -2.07. The van der Waals surface area contributed by atoms with Crippen molar-refractivity contribution >= 4 is 11.9 Å². The van der Waals surface area contributed by atoms with E-state index in [2.05, 4.69) is 11.8 Å². The number of ether oxygens (including phenoxy) is 1. The van der Waals surface area contributed by atoms with Crippen molar-refractivity contribution in [1.29, 1.82) is 0 Å². The Hall–Kier alpha value is -1.80. The highest BCUT2D eigenvalue weighted by molar-refractivity contribution is 5.88. The van der Waals surface area contributed by atoms with Crippen LogP contribution in [-0.2, 0) is 14.3 Å². The van der Waals surface area contributed by atoms with E-state index >= 15 is 0 Å². The molecule has 4 heteroatoms. The van der Waals surface area contributed by atoms with Crippen LogP contribution < -0.4 is 0 Å². The van der Waals surface area contributed by atoms with Gasteiger partial charge in [0.05, 0.1) is 12.2 Å². The maximum Gasteiger partial charge on any atom is 0.341 e. The van der Waals surface area contributed by atoms with Crippen LogP contribution in [0.1, 0.15) is 58.3 Å². The first-order valence-corrected chi connectivity index (χ1v) is 7.67. The number of carbonyl (C=O) groups excluding carboxylic acids is 1. The largest absolute Gasteiger partial charge is 0.481 e. The number of hydrogen-bond donors (Lipinski definition) is 1. The second kappa shape index (κ2) is 10.0. The summed E-state index contributed by atoms with van der Waals surface area (Å²) in [5.74, 6) is -1.15. The van der Waals surface area contributed by atoms with Crippen LogP contribution in [0.15, 0.2) is 29.0 Å². The smallest absolute Gasteiger partial charge is 0.341 e. The Kier molecular flexibility index (Phi) is 8.22. The first-order valence-electron chi connectivity index (χ1n) is 7.67. The third-order valence-electron chi connectivity index (χ3n) is 3.35. The van der Waals surface area contributed by atoms with E-state index in [0.717, 1.165) is 12.8 Å². The van der Waals surface area contributed by atoms with E-state index in [1.807, 2.05) is 6.08 Å². The highest BCUT2D eigenvalue weighted by atomic mass is 16.5. The molecule has 1 aliphatic carbocycles. The van der Waals surface area contributed by atoms with E-state index in [9.17, 15) is 9.59 Å². The zero-order chi connectivity index (χ0) is 15.5. The van der Waals surface area contributed by atoms with Gasteiger partial charge in [0.15, 0.2) is 0 Å².